The van der Waals surface area contributed by atoms with E-state index in [0.29, 0.717) is 5.25 Å². The summed E-state index contributed by atoms with van der Waals surface area (Å²) in [4.78, 5) is 0. The normalized spacial score (nSPS) is 12.6. The standard InChI is InChI=1S/C7H11S/c1-4-6-7(5-2)8-3/h7H,4,6H2,1,3H3. The van der Waals surface area contributed by atoms with E-state index in [1.165, 1.54) is 0 Å². The van der Waals surface area contributed by atoms with E-state index in [1.807, 2.05) is 6.26 Å². The van der Waals surface area contributed by atoms with Gasteiger partial charge in [-0.05, 0) is 19.1 Å². The van der Waals surface area contributed by atoms with Crippen molar-refractivity contribution in [2.24, 2.45) is 0 Å². The summed E-state index contributed by atoms with van der Waals surface area (Å²) in [6, 6.07) is 0. The van der Waals surface area contributed by atoms with Gasteiger partial charge < -0.3 is 0 Å². The monoisotopic (exact) mass is 127 g/mol. The molecule has 0 aromatic rings. The maximum atomic E-state index is 6.79. The zero-order valence-corrected chi connectivity index (χ0v) is 6.22. The summed E-state index contributed by atoms with van der Waals surface area (Å²) < 4.78 is 0. The Labute approximate surface area is 56.1 Å². The molecule has 0 aromatic carbocycles. The van der Waals surface area contributed by atoms with Crippen LogP contribution in [0.15, 0.2) is 0 Å². The summed E-state index contributed by atoms with van der Waals surface area (Å²) in [5.41, 5.74) is 0. The molecule has 8 heavy (non-hydrogen) atoms. The molecular weight excluding hydrogens is 116 g/mol. The zero-order chi connectivity index (χ0) is 6.41. The van der Waals surface area contributed by atoms with E-state index in [9.17, 15) is 0 Å². The Morgan fingerprint density at radius 2 is 2.38 bits per heavy atom. The Morgan fingerprint density at radius 1 is 1.75 bits per heavy atom. The molecule has 0 aliphatic rings. The Morgan fingerprint density at radius 3 is 2.50 bits per heavy atom. The maximum absolute atomic E-state index is 6.79. The van der Waals surface area contributed by atoms with E-state index < -0.39 is 0 Å². The van der Waals surface area contributed by atoms with Crippen molar-refractivity contribution in [3.63, 3.8) is 0 Å². The van der Waals surface area contributed by atoms with Crippen LogP contribution in [-0.2, 0) is 0 Å². The maximum Gasteiger partial charge on any atom is 0.0664 e. The molecule has 0 nitrogen and oxygen atoms in total. The molecule has 1 unspecified atom stereocenters. The van der Waals surface area contributed by atoms with Gasteiger partial charge in [-0.2, -0.15) is 0 Å². The van der Waals surface area contributed by atoms with Gasteiger partial charge in [-0.1, -0.05) is 19.3 Å². The average Bonchev–Trinajstić information content (AvgIpc) is 1.83. The van der Waals surface area contributed by atoms with Crippen LogP contribution < -0.4 is 0 Å². The van der Waals surface area contributed by atoms with Crippen molar-refractivity contribution in [1.29, 1.82) is 0 Å². The third-order valence-corrected chi connectivity index (χ3v) is 1.92. The van der Waals surface area contributed by atoms with Crippen molar-refractivity contribution in [2.75, 3.05) is 6.26 Å². The smallest absolute Gasteiger partial charge is 0.0664 e. The van der Waals surface area contributed by atoms with Crippen molar-refractivity contribution >= 4 is 11.8 Å². The first kappa shape index (κ1) is 7.91. The lowest BCUT2D eigenvalue weighted by Gasteiger charge is -2.01. The van der Waals surface area contributed by atoms with Gasteiger partial charge in [0.25, 0.3) is 0 Å². The molecule has 0 rings (SSSR count). The summed E-state index contributed by atoms with van der Waals surface area (Å²) in [7, 11) is 0. The average molecular weight is 127 g/mol. The van der Waals surface area contributed by atoms with E-state index in [0.717, 1.165) is 12.8 Å². The molecule has 0 amide bonds. The van der Waals surface area contributed by atoms with Gasteiger partial charge in [0.05, 0.1) is 5.25 Å². The lowest BCUT2D eigenvalue weighted by Crippen LogP contribution is -1.94. The molecule has 0 bridgehead atoms. The molecule has 0 spiro atoms. The summed E-state index contributed by atoms with van der Waals surface area (Å²) in [5.74, 6) is 2.47. The predicted molar refractivity (Wildman–Crippen MR) is 39.3 cm³/mol. The van der Waals surface area contributed by atoms with E-state index in [-0.39, 0.29) is 0 Å². The quantitative estimate of drug-likeness (QED) is 0.523. The Bertz CT molecular complexity index is 80.9. The summed E-state index contributed by atoms with van der Waals surface area (Å²) in [6.07, 6.45) is 11.0. The molecule has 0 heterocycles. The van der Waals surface area contributed by atoms with Gasteiger partial charge in [0, 0.05) is 0 Å². The zero-order valence-electron chi connectivity index (χ0n) is 5.40. The van der Waals surface area contributed by atoms with Crippen LogP contribution in [0.1, 0.15) is 19.8 Å². The first-order valence-electron chi connectivity index (χ1n) is 2.80. The van der Waals surface area contributed by atoms with Crippen LogP contribution in [0, 0.1) is 12.3 Å². The number of hydrogen-bond acceptors (Lipinski definition) is 1. The second-order valence-corrected chi connectivity index (χ2v) is 2.70. The van der Waals surface area contributed by atoms with E-state index >= 15 is 0 Å². The molecule has 0 aliphatic heterocycles. The summed E-state index contributed by atoms with van der Waals surface area (Å²) >= 11 is 1.70. The lowest BCUT2D eigenvalue weighted by molar-refractivity contribution is 0.841. The van der Waals surface area contributed by atoms with Crippen LogP contribution in [0.4, 0.5) is 0 Å². The first-order chi connectivity index (χ1) is 3.85. The highest BCUT2D eigenvalue weighted by Crippen LogP contribution is 2.10. The van der Waals surface area contributed by atoms with E-state index in [4.69, 9.17) is 6.42 Å². The first-order valence-corrected chi connectivity index (χ1v) is 4.09. The molecule has 1 radical (unpaired) electrons. The molecule has 0 saturated carbocycles. The molecule has 45 valence electrons. The van der Waals surface area contributed by atoms with Gasteiger partial charge in [0.2, 0.25) is 0 Å². The van der Waals surface area contributed by atoms with Gasteiger partial charge in [0.1, 0.15) is 0 Å². The topological polar surface area (TPSA) is 0 Å². The Hall–Kier alpha value is -0.0900. The van der Waals surface area contributed by atoms with Crippen molar-refractivity contribution in [3.8, 4) is 5.92 Å². The number of hydrogen-bond donors (Lipinski definition) is 0. The molecule has 0 saturated heterocycles. The highest BCUT2D eigenvalue weighted by molar-refractivity contribution is 7.99. The number of rotatable bonds is 3. The van der Waals surface area contributed by atoms with Crippen molar-refractivity contribution < 1.29 is 0 Å². The summed E-state index contributed by atoms with van der Waals surface area (Å²) in [5, 5.41) is 0.333. The minimum atomic E-state index is 0.333. The third-order valence-electron chi connectivity index (χ3n) is 0.996. The molecule has 0 aromatic heterocycles. The minimum Gasteiger partial charge on any atom is -0.149 e. The van der Waals surface area contributed by atoms with Gasteiger partial charge in [-0.25, -0.2) is 0 Å². The Balaban J connectivity index is 3.26. The molecule has 0 aliphatic carbocycles. The van der Waals surface area contributed by atoms with Gasteiger partial charge in [-0.3, -0.25) is 0 Å². The van der Waals surface area contributed by atoms with Crippen LogP contribution in [0.2, 0.25) is 0 Å². The van der Waals surface area contributed by atoms with Crippen molar-refractivity contribution in [2.45, 2.75) is 25.0 Å². The van der Waals surface area contributed by atoms with Crippen LogP contribution in [0.25, 0.3) is 0 Å². The second kappa shape index (κ2) is 5.05. The SMILES string of the molecule is [C]#CC(CCC)SC. The highest BCUT2D eigenvalue weighted by atomic mass is 32.2. The van der Waals surface area contributed by atoms with Gasteiger partial charge in [0.15, 0.2) is 0 Å². The van der Waals surface area contributed by atoms with Gasteiger partial charge >= 0.3 is 0 Å². The highest BCUT2D eigenvalue weighted by Gasteiger charge is 1.97. The van der Waals surface area contributed by atoms with Crippen molar-refractivity contribution in [1.82, 2.24) is 0 Å². The predicted octanol–water partition coefficient (Wildman–Crippen LogP) is 2.11. The van der Waals surface area contributed by atoms with E-state index in [1.54, 1.807) is 11.8 Å². The summed E-state index contributed by atoms with van der Waals surface area (Å²) in [6.45, 7) is 2.13. The van der Waals surface area contributed by atoms with Crippen LogP contribution in [0.3, 0.4) is 0 Å². The molecule has 0 N–H and O–H groups in total. The van der Waals surface area contributed by atoms with E-state index in [2.05, 4.69) is 12.8 Å². The number of thioether (sulfide) groups is 1. The largest absolute Gasteiger partial charge is 0.149 e. The fourth-order valence-corrected chi connectivity index (χ4v) is 1.10. The molecular formula is C7H11S. The molecule has 1 atom stereocenters. The fourth-order valence-electron chi connectivity index (χ4n) is 0.511. The molecule has 0 fully saturated rings. The van der Waals surface area contributed by atoms with Crippen LogP contribution in [0.5, 0.6) is 0 Å². The van der Waals surface area contributed by atoms with Crippen LogP contribution in [-0.4, -0.2) is 11.5 Å². The van der Waals surface area contributed by atoms with Crippen molar-refractivity contribution in [3.05, 3.63) is 6.42 Å². The minimum absolute atomic E-state index is 0.333. The second-order valence-electron chi connectivity index (χ2n) is 1.66. The van der Waals surface area contributed by atoms with Gasteiger partial charge in [-0.15, -0.1) is 11.8 Å². The molecule has 1 heteroatoms. The fraction of sp³-hybridized carbons (Fsp3) is 0.714. The third kappa shape index (κ3) is 2.98. The lowest BCUT2D eigenvalue weighted by atomic mass is 10.2. The van der Waals surface area contributed by atoms with Crippen LogP contribution >= 0.6 is 11.8 Å². The Kier molecular flexibility index (Phi) is 5.00.